The fraction of sp³-hybridized carbons (Fsp3) is 0.429. The topological polar surface area (TPSA) is 35.0 Å². The van der Waals surface area contributed by atoms with E-state index >= 15 is 0 Å². The van der Waals surface area contributed by atoms with Crippen molar-refractivity contribution in [3.63, 3.8) is 0 Å². The highest BCUT2D eigenvalue weighted by Gasteiger charge is 2.07. The molecule has 0 atom stereocenters. The Kier molecular flexibility index (Phi) is 3.43. The third-order valence-electron chi connectivity index (χ3n) is 1.27. The maximum Gasteiger partial charge on any atom is 0.147 e. The Labute approximate surface area is 84.2 Å². The van der Waals surface area contributed by atoms with Gasteiger partial charge >= 0.3 is 0 Å². The van der Waals surface area contributed by atoms with Crippen LogP contribution in [0.25, 0.3) is 0 Å². The maximum atomic E-state index is 5.80. The van der Waals surface area contributed by atoms with Crippen LogP contribution in [0.5, 0.6) is 0 Å². The first-order chi connectivity index (χ1) is 5.65. The van der Waals surface area contributed by atoms with Gasteiger partial charge in [-0.05, 0) is 22.9 Å². The van der Waals surface area contributed by atoms with Gasteiger partial charge in [-0.15, -0.1) is 0 Å². The van der Waals surface area contributed by atoms with Crippen molar-refractivity contribution in [3.05, 3.63) is 21.1 Å². The lowest BCUT2D eigenvalue weighted by Crippen LogP contribution is -1.99. The number of halogens is 2. The van der Waals surface area contributed by atoms with Crippen molar-refractivity contribution in [2.75, 3.05) is 7.11 Å². The van der Waals surface area contributed by atoms with Gasteiger partial charge in [0.25, 0.3) is 0 Å². The summed E-state index contributed by atoms with van der Waals surface area (Å²) in [6.45, 7) is 2.22. The van der Waals surface area contributed by atoms with Gasteiger partial charge in [-0.1, -0.05) is 11.6 Å². The lowest BCUT2D eigenvalue weighted by Gasteiger charge is -2.04. The molecule has 0 fully saturated rings. The summed E-state index contributed by atoms with van der Waals surface area (Å²) < 4.78 is 5.64. The summed E-state index contributed by atoms with van der Waals surface area (Å²) in [5.74, 6) is 0.648. The second-order valence-electron chi connectivity index (χ2n) is 2.26. The number of nitrogens with zero attached hydrogens (tertiary/aromatic N) is 2. The van der Waals surface area contributed by atoms with Gasteiger partial charge in [0, 0.05) is 7.11 Å². The third kappa shape index (κ3) is 2.15. The second-order valence-corrected chi connectivity index (χ2v) is 3.41. The van der Waals surface area contributed by atoms with Gasteiger partial charge in [0.15, 0.2) is 0 Å². The molecular weight excluding hydrogens is 243 g/mol. The van der Waals surface area contributed by atoms with E-state index in [-0.39, 0.29) is 0 Å². The van der Waals surface area contributed by atoms with Crippen LogP contribution in [0.3, 0.4) is 0 Å². The molecule has 0 bridgehead atoms. The molecule has 1 heterocycles. The quantitative estimate of drug-likeness (QED) is 0.757. The molecule has 1 aromatic rings. The summed E-state index contributed by atoms with van der Waals surface area (Å²) in [6.07, 6.45) is 0. The molecule has 0 unspecified atom stereocenters. The number of aromatic nitrogens is 2. The lowest BCUT2D eigenvalue weighted by atomic mass is 10.4. The molecule has 0 saturated heterocycles. The number of methoxy groups -OCH3 is 1. The number of rotatable bonds is 2. The Morgan fingerprint density at radius 2 is 2.17 bits per heavy atom. The van der Waals surface area contributed by atoms with E-state index in [0.717, 1.165) is 5.69 Å². The van der Waals surface area contributed by atoms with Crippen LogP contribution in [0, 0.1) is 6.92 Å². The molecule has 0 aromatic carbocycles. The second kappa shape index (κ2) is 4.16. The zero-order valence-corrected chi connectivity index (χ0v) is 9.11. The Morgan fingerprint density at radius 1 is 1.50 bits per heavy atom. The minimum absolute atomic E-state index is 0.426. The molecule has 5 heteroatoms. The average Bonchev–Trinajstić information content (AvgIpc) is 2.00. The fourth-order valence-corrected chi connectivity index (χ4v) is 1.34. The van der Waals surface area contributed by atoms with E-state index in [2.05, 4.69) is 25.9 Å². The zero-order chi connectivity index (χ0) is 9.14. The van der Waals surface area contributed by atoms with Crippen LogP contribution in [0.15, 0.2) is 4.47 Å². The number of aryl methyl sites for hydroxylation is 1. The molecule has 0 aliphatic heterocycles. The predicted octanol–water partition coefficient (Wildman–Crippen LogP) is 2.35. The Balaban J connectivity index is 3.09. The van der Waals surface area contributed by atoms with Crippen molar-refractivity contribution in [2.24, 2.45) is 0 Å². The number of hydrogen-bond acceptors (Lipinski definition) is 3. The normalized spacial score (nSPS) is 10.3. The highest BCUT2D eigenvalue weighted by molar-refractivity contribution is 9.10. The molecule has 66 valence electrons. The first-order valence-corrected chi connectivity index (χ1v) is 4.49. The Bertz CT molecular complexity index is 293. The van der Waals surface area contributed by atoms with Crippen LogP contribution in [-0.2, 0) is 11.3 Å². The molecule has 0 amide bonds. The predicted molar refractivity (Wildman–Crippen MR) is 50.2 cm³/mol. The monoisotopic (exact) mass is 250 g/mol. The van der Waals surface area contributed by atoms with Crippen LogP contribution in [-0.4, -0.2) is 17.1 Å². The van der Waals surface area contributed by atoms with Crippen molar-refractivity contribution >= 4 is 27.5 Å². The first-order valence-electron chi connectivity index (χ1n) is 3.32. The van der Waals surface area contributed by atoms with Gasteiger partial charge in [0.2, 0.25) is 0 Å². The molecular formula is C7H8BrClN2O. The Morgan fingerprint density at radius 3 is 2.75 bits per heavy atom. The van der Waals surface area contributed by atoms with E-state index in [4.69, 9.17) is 16.3 Å². The first kappa shape index (κ1) is 9.89. The fourth-order valence-electron chi connectivity index (χ4n) is 0.812. The van der Waals surface area contributed by atoms with Crippen molar-refractivity contribution in [1.29, 1.82) is 0 Å². The number of hydrogen-bond donors (Lipinski definition) is 0. The van der Waals surface area contributed by atoms with Gasteiger partial charge in [-0.3, -0.25) is 0 Å². The lowest BCUT2D eigenvalue weighted by molar-refractivity contribution is 0.180. The molecule has 3 nitrogen and oxygen atoms in total. The van der Waals surface area contributed by atoms with Crippen molar-refractivity contribution < 1.29 is 4.74 Å². The standard InChI is InChI=1S/C7H8BrClN2O/c1-4-10-5(3-12-2)6(8)7(9)11-4/h3H2,1-2H3. The molecule has 0 radical (unpaired) electrons. The molecule has 1 rings (SSSR count). The van der Waals surface area contributed by atoms with Gasteiger partial charge in [0.1, 0.15) is 11.0 Å². The van der Waals surface area contributed by atoms with E-state index in [1.54, 1.807) is 14.0 Å². The molecule has 0 aliphatic rings. The van der Waals surface area contributed by atoms with Gasteiger partial charge in [-0.2, -0.15) is 0 Å². The average molecular weight is 252 g/mol. The number of ether oxygens (including phenoxy) is 1. The molecule has 1 aromatic heterocycles. The van der Waals surface area contributed by atoms with Crippen molar-refractivity contribution in [2.45, 2.75) is 13.5 Å². The van der Waals surface area contributed by atoms with Crippen LogP contribution in [0.4, 0.5) is 0 Å². The highest BCUT2D eigenvalue weighted by atomic mass is 79.9. The zero-order valence-electron chi connectivity index (χ0n) is 6.77. The van der Waals surface area contributed by atoms with E-state index < -0.39 is 0 Å². The molecule has 0 aliphatic carbocycles. The summed E-state index contributed by atoms with van der Waals surface area (Å²) in [5, 5.41) is 0.426. The third-order valence-corrected chi connectivity index (χ3v) is 2.61. The largest absolute Gasteiger partial charge is 0.378 e. The van der Waals surface area contributed by atoms with Crippen LogP contribution in [0.2, 0.25) is 5.15 Å². The minimum Gasteiger partial charge on any atom is -0.378 e. The smallest absolute Gasteiger partial charge is 0.147 e. The molecule has 12 heavy (non-hydrogen) atoms. The van der Waals surface area contributed by atoms with Crippen molar-refractivity contribution in [1.82, 2.24) is 9.97 Å². The SMILES string of the molecule is COCc1nc(C)nc(Cl)c1Br. The van der Waals surface area contributed by atoms with E-state index in [1.165, 1.54) is 0 Å². The maximum absolute atomic E-state index is 5.80. The summed E-state index contributed by atoms with van der Waals surface area (Å²) in [4.78, 5) is 8.12. The van der Waals surface area contributed by atoms with Gasteiger partial charge in [-0.25, -0.2) is 9.97 Å². The van der Waals surface area contributed by atoms with E-state index in [1.807, 2.05) is 0 Å². The molecule has 0 spiro atoms. The highest BCUT2D eigenvalue weighted by Crippen LogP contribution is 2.23. The van der Waals surface area contributed by atoms with Crippen molar-refractivity contribution in [3.8, 4) is 0 Å². The van der Waals surface area contributed by atoms with Crippen LogP contribution >= 0.6 is 27.5 Å². The van der Waals surface area contributed by atoms with E-state index in [9.17, 15) is 0 Å². The summed E-state index contributed by atoms with van der Waals surface area (Å²) in [5.41, 5.74) is 0.773. The molecule has 0 N–H and O–H groups in total. The summed E-state index contributed by atoms with van der Waals surface area (Å²) >= 11 is 9.08. The van der Waals surface area contributed by atoms with Crippen LogP contribution < -0.4 is 0 Å². The van der Waals surface area contributed by atoms with Crippen LogP contribution in [0.1, 0.15) is 11.5 Å². The molecule has 0 saturated carbocycles. The summed E-state index contributed by atoms with van der Waals surface area (Å²) in [6, 6.07) is 0. The van der Waals surface area contributed by atoms with E-state index in [0.29, 0.717) is 22.1 Å². The minimum atomic E-state index is 0.426. The summed E-state index contributed by atoms with van der Waals surface area (Å²) in [7, 11) is 1.61. The Hall–Kier alpha value is -0.190. The van der Waals surface area contributed by atoms with Gasteiger partial charge in [0.05, 0.1) is 16.8 Å². The van der Waals surface area contributed by atoms with Gasteiger partial charge < -0.3 is 4.74 Å².